The number of aliphatic hydroxyl groups is 2. The molecule has 0 bridgehead atoms. The molecule has 0 saturated carbocycles. The average Bonchev–Trinajstić information content (AvgIpc) is 3.10. The molecule has 3 N–H and O–H groups in total. The molecule has 10 heteroatoms. The van der Waals surface area contributed by atoms with Crippen molar-refractivity contribution in [2.75, 3.05) is 11.9 Å². The van der Waals surface area contributed by atoms with Gasteiger partial charge in [-0.05, 0) is 37.1 Å². The minimum atomic E-state index is -3.05. The summed E-state index contributed by atoms with van der Waals surface area (Å²) >= 11 is 0. The first-order chi connectivity index (χ1) is 13.7. The average molecular weight is 407 g/mol. The minimum absolute atomic E-state index is 0.111. The summed E-state index contributed by atoms with van der Waals surface area (Å²) in [5.41, 5.74) is 0.661. The Morgan fingerprint density at radius 1 is 1.21 bits per heavy atom. The first-order valence-corrected chi connectivity index (χ1v) is 8.72. The van der Waals surface area contributed by atoms with E-state index in [9.17, 15) is 23.4 Å². The van der Waals surface area contributed by atoms with Gasteiger partial charge in [0.2, 0.25) is 5.95 Å². The fourth-order valence-corrected chi connectivity index (χ4v) is 2.74. The fraction of sp³-hybridized carbons (Fsp3) is 0.316. The van der Waals surface area contributed by atoms with Crippen LogP contribution in [0.1, 0.15) is 24.6 Å². The number of nitrogens with one attached hydrogen (secondary N) is 1. The molecule has 1 unspecified atom stereocenters. The molecule has 3 aromatic rings. The third-order valence-electron chi connectivity index (χ3n) is 4.12. The van der Waals surface area contributed by atoms with Gasteiger partial charge in [0, 0.05) is 17.4 Å². The molecule has 29 heavy (non-hydrogen) atoms. The fourth-order valence-electron chi connectivity index (χ4n) is 2.74. The van der Waals surface area contributed by atoms with Gasteiger partial charge < -0.3 is 15.5 Å². The SMILES string of the molecule is Cc1cc(Nc2ncc(F)c(C(F)F)n2)cc(-c2cnn(CC(C)(O)CO)c2)c1. The van der Waals surface area contributed by atoms with Gasteiger partial charge in [-0.25, -0.2) is 23.1 Å². The van der Waals surface area contributed by atoms with E-state index in [1.165, 1.54) is 11.6 Å². The van der Waals surface area contributed by atoms with E-state index in [1.54, 1.807) is 24.5 Å². The van der Waals surface area contributed by atoms with Gasteiger partial charge in [0.1, 0.15) is 11.3 Å². The number of anilines is 2. The van der Waals surface area contributed by atoms with Gasteiger partial charge in [0.15, 0.2) is 5.82 Å². The molecular formula is C19H20F3N5O2. The molecule has 0 fully saturated rings. The number of aromatic nitrogens is 4. The largest absolute Gasteiger partial charge is 0.393 e. The van der Waals surface area contributed by atoms with E-state index in [-0.39, 0.29) is 12.5 Å². The third-order valence-corrected chi connectivity index (χ3v) is 4.12. The second-order valence-electron chi connectivity index (χ2n) is 7.02. The lowest BCUT2D eigenvalue weighted by Gasteiger charge is -2.19. The number of halogens is 3. The standard InChI is InChI=1S/C19H20F3N5O2/c1-11-3-12(13-6-24-27(8-13)9-19(2,29)10-28)5-14(4-11)25-18-23-7-15(20)16(26-18)17(21)22/h3-8,17,28-29H,9-10H2,1-2H3,(H,23,25,26). The molecule has 2 heterocycles. The van der Waals surface area contributed by atoms with Crippen molar-refractivity contribution in [3.05, 3.63) is 53.9 Å². The van der Waals surface area contributed by atoms with Crippen molar-refractivity contribution in [3.63, 3.8) is 0 Å². The van der Waals surface area contributed by atoms with Crippen LogP contribution in [-0.2, 0) is 6.54 Å². The highest BCUT2D eigenvalue weighted by atomic mass is 19.3. The summed E-state index contributed by atoms with van der Waals surface area (Å²) in [6, 6.07) is 5.40. The topological polar surface area (TPSA) is 96.1 Å². The monoisotopic (exact) mass is 407 g/mol. The summed E-state index contributed by atoms with van der Waals surface area (Å²) in [6.45, 7) is 3.06. The van der Waals surface area contributed by atoms with Crippen LogP contribution >= 0.6 is 0 Å². The molecular weight excluding hydrogens is 387 g/mol. The maximum Gasteiger partial charge on any atom is 0.283 e. The quantitative estimate of drug-likeness (QED) is 0.557. The Balaban J connectivity index is 1.86. The summed E-state index contributed by atoms with van der Waals surface area (Å²) in [7, 11) is 0. The normalized spacial score (nSPS) is 13.5. The lowest BCUT2D eigenvalue weighted by Crippen LogP contribution is -2.34. The number of hydrogen-bond acceptors (Lipinski definition) is 6. The minimum Gasteiger partial charge on any atom is -0.393 e. The molecule has 0 saturated heterocycles. The van der Waals surface area contributed by atoms with E-state index in [4.69, 9.17) is 0 Å². The maximum atomic E-state index is 13.4. The molecule has 0 amide bonds. The van der Waals surface area contributed by atoms with Gasteiger partial charge >= 0.3 is 0 Å². The van der Waals surface area contributed by atoms with Crippen molar-refractivity contribution in [1.82, 2.24) is 19.7 Å². The molecule has 0 radical (unpaired) electrons. The van der Waals surface area contributed by atoms with Gasteiger partial charge in [-0.1, -0.05) is 6.07 Å². The molecule has 0 spiro atoms. The van der Waals surface area contributed by atoms with Crippen LogP contribution in [0.3, 0.4) is 0 Å². The zero-order chi connectivity index (χ0) is 21.2. The molecule has 1 aromatic carbocycles. The molecule has 2 aromatic heterocycles. The Morgan fingerprint density at radius 2 is 1.97 bits per heavy atom. The van der Waals surface area contributed by atoms with Gasteiger partial charge in [0.25, 0.3) is 6.43 Å². The highest BCUT2D eigenvalue weighted by molar-refractivity contribution is 5.70. The van der Waals surface area contributed by atoms with E-state index < -0.39 is 30.1 Å². The van der Waals surface area contributed by atoms with Crippen molar-refractivity contribution in [3.8, 4) is 11.1 Å². The molecule has 0 aliphatic rings. The number of benzene rings is 1. The van der Waals surface area contributed by atoms with Crippen molar-refractivity contribution >= 4 is 11.6 Å². The van der Waals surface area contributed by atoms with Crippen LogP contribution in [0.25, 0.3) is 11.1 Å². The van der Waals surface area contributed by atoms with Gasteiger partial charge in [0.05, 0.1) is 25.5 Å². The van der Waals surface area contributed by atoms with E-state index in [2.05, 4.69) is 20.4 Å². The molecule has 1 atom stereocenters. The Bertz CT molecular complexity index is 1010. The van der Waals surface area contributed by atoms with Crippen molar-refractivity contribution in [2.45, 2.75) is 32.4 Å². The Kier molecular flexibility index (Phi) is 5.85. The Morgan fingerprint density at radius 3 is 2.66 bits per heavy atom. The summed E-state index contributed by atoms with van der Waals surface area (Å²) in [6.07, 6.45) is 0.972. The lowest BCUT2D eigenvalue weighted by molar-refractivity contribution is -0.0145. The number of nitrogens with zero attached hydrogens (tertiary/aromatic N) is 4. The van der Waals surface area contributed by atoms with Crippen LogP contribution in [0.4, 0.5) is 24.8 Å². The Hall–Kier alpha value is -2.98. The number of rotatable bonds is 7. The number of hydrogen-bond donors (Lipinski definition) is 3. The molecule has 0 aliphatic carbocycles. The van der Waals surface area contributed by atoms with Gasteiger partial charge in [-0.3, -0.25) is 4.68 Å². The van der Waals surface area contributed by atoms with Crippen LogP contribution in [0.2, 0.25) is 0 Å². The number of aliphatic hydroxyl groups excluding tert-OH is 1. The smallest absolute Gasteiger partial charge is 0.283 e. The highest BCUT2D eigenvalue weighted by Crippen LogP contribution is 2.27. The van der Waals surface area contributed by atoms with Crippen LogP contribution in [-0.4, -0.2) is 42.2 Å². The van der Waals surface area contributed by atoms with Crippen LogP contribution in [0.5, 0.6) is 0 Å². The maximum absolute atomic E-state index is 13.4. The predicted molar refractivity (Wildman–Crippen MR) is 100 cm³/mol. The lowest BCUT2D eigenvalue weighted by atomic mass is 10.1. The predicted octanol–water partition coefficient (Wildman–Crippen LogP) is 3.21. The zero-order valence-electron chi connectivity index (χ0n) is 15.8. The van der Waals surface area contributed by atoms with E-state index >= 15 is 0 Å². The van der Waals surface area contributed by atoms with Crippen LogP contribution in [0, 0.1) is 12.7 Å². The highest BCUT2D eigenvalue weighted by Gasteiger charge is 2.20. The van der Waals surface area contributed by atoms with E-state index in [0.717, 1.165) is 16.7 Å². The first-order valence-electron chi connectivity index (χ1n) is 8.72. The van der Waals surface area contributed by atoms with Crippen molar-refractivity contribution < 1.29 is 23.4 Å². The molecule has 0 aliphatic heterocycles. The second kappa shape index (κ2) is 8.18. The summed E-state index contributed by atoms with van der Waals surface area (Å²) in [5, 5.41) is 26.2. The van der Waals surface area contributed by atoms with Crippen molar-refractivity contribution in [2.24, 2.45) is 0 Å². The second-order valence-corrected chi connectivity index (χ2v) is 7.02. The Labute approximate surface area is 164 Å². The first kappa shape index (κ1) is 20.7. The van der Waals surface area contributed by atoms with Gasteiger partial charge in [-0.15, -0.1) is 0 Å². The van der Waals surface area contributed by atoms with Crippen LogP contribution in [0.15, 0.2) is 36.8 Å². The number of aryl methyl sites for hydroxylation is 1. The summed E-state index contributed by atoms with van der Waals surface area (Å²) in [5.74, 6) is -1.31. The third kappa shape index (κ3) is 5.09. The number of alkyl halides is 2. The summed E-state index contributed by atoms with van der Waals surface area (Å²) < 4.78 is 40.6. The summed E-state index contributed by atoms with van der Waals surface area (Å²) in [4.78, 5) is 7.24. The van der Waals surface area contributed by atoms with E-state index in [0.29, 0.717) is 11.9 Å². The van der Waals surface area contributed by atoms with Crippen LogP contribution < -0.4 is 5.32 Å². The van der Waals surface area contributed by atoms with Crippen molar-refractivity contribution in [1.29, 1.82) is 0 Å². The van der Waals surface area contributed by atoms with E-state index in [1.807, 2.05) is 13.0 Å². The molecule has 154 valence electrons. The zero-order valence-corrected chi connectivity index (χ0v) is 15.8. The van der Waals surface area contributed by atoms with Gasteiger partial charge in [-0.2, -0.15) is 5.10 Å². The molecule has 7 nitrogen and oxygen atoms in total. The molecule has 3 rings (SSSR count).